The van der Waals surface area contributed by atoms with Crippen molar-refractivity contribution in [3.63, 3.8) is 0 Å². The van der Waals surface area contributed by atoms with Crippen molar-refractivity contribution in [3.05, 3.63) is 180 Å². The van der Waals surface area contributed by atoms with E-state index in [1.807, 2.05) is 0 Å². The first-order chi connectivity index (χ1) is 22.8. The molecule has 1 atom stereocenters. The Morgan fingerprint density at radius 1 is 0.348 bits per heavy atom. The first-order valence-corrected chi connectivity index (χ1v) is 16.0. The highest BCUT2D eigenvalue weighted by atomic mass is 16.5. The van der Waals surface area contributed by atoms with Crippen LogP contribution in [0.3, 0.4) is 0 Å². The molecule has 1 nitrogen and oxygen atoms in total. The van der Waals surface area contributed by atoms with Gasteiger partial charge in [0.15, 0.2) is 0 Å². The van der Waals surface area contributed by atoms with Crippen molar-refractivity contribution in [3.8, 4) is 56.0 Å². The molecular formula is C45H26O. The van der Waals surface area contributed by atoms with Crippen LogP contribution in [0.4, 0.5) is 0 Å². The van der Waals surface area contributed by atoms with Gasteiger partial charge >= 0.3 is 0 Å². The van der Waals surface area contributed by atoms with Gasteiger partial charge in [-0.15, -0.1) is 0 Å². The van der Waals surface area contributed by atoms with Gasteiger partial charge in [0.2, 0.25) is 0 Å². The molecule has 3 aliphatic rings. The van der Waals surface area contributed by atoms with Crippen LogP contribution in [0.15, 0.2) is 158 Å². The zero-order valence-corrected chi connectivity index (χ0v) is 24.9. The maximum Gasteiger partial charge on any atom is 0.135 e. The Balaban J connectivity index is 1.32. The Hall–Kier alpha value is -5.92. The number of benzene rings is 8. The number of hydrogen-bond acceptors (Lipinski definition) is 1. The van der Waals surface area contributed by atoms with Crippen molar-refractivity contribution in [2.24, 2.45) is 0 Å². The lowest BCUT2D eigenvalue weighted by molar-refractivity contribution is 0.487. The summed E-state index contributed by atoms with van der Waals surface area (Å²) < 4.78 is 6.68. The van der Waals surface area contributed by atoms with Gasteiger partial charge in [-0.25, -0.2) is 0 Å². The molecule has 212 valence electrons. The van der Waals surface area contributed by atoms with E-state index >= 15 is 0 Å². The highest BCUT2D eigenvalue weighted by Crippen LogP contribution is 2.66. The summed E-state index contributed by atoms with van der Waals surface area (Å²) >= 11 is 0. The summed E-state index contributed by atoms with van der Waals surface area (Å²) in [6, 6.07) is 58.2. The largest absolute Gasteiger partial charge is 0.456 e. The van der Waals surface area contributed by atoms with Gasteiger partial charge in [0, 0.05) is 10.9 Å². The smallest absolute Gasteiger partial charge is 0.135 e. The van der Waals surface area contributed by atoms with Crippen molar-refractivity contribution in [2.45, 2.75) is 5.41 Å². The second-order valence-electron chi connectivity index (χ2n) is 12.7. The molecular weight excluding hydrogens is 556 g/mol. The van der Waals surface area contributed by atoms with Crippen molar-refractivity contribution >= 4 is 21.5 Å². The highest BCUT2D eigenvalue weighted by molar-refractivity contribution is 6.10. The Labute approximate surface area is 267 Å². The summed E-state index contributed by atoms with van der Waals surface area (Å²) in [5.41, 5.74) is 15.1. The molecule has 1 unspecified atom stereocenters. The fraction of sp³-hybridized carbons (Fsp3) is 0.0222. The molecule has 8 aromatic carbocycles. The van der Waals surface area contributed by atoms with E-state index in [-0.39, 0.29) is 0 Å². The maximum atomic E-state index is 6.68. The third-order valence-corrected chi connectivity index (χ3v) is 10.7. The van der Waals surface area contributed by atoms with E-state index in [1.54, 1.807) is 0 Å². The minimum absolute atomic E-state index is 0.475. The molecule has 46 heavy (non-hydrogen) atoms. The van der Waals surface area contributed by atoms with Crippen LogP contribution < -0.4 is 4.74 Å². The molecule has 0 amide bonds. The lowest BCUT2D eigenvalue weighted by atomic mass is 9.67. The van der Waals surface area contributed by atoms with Crippen LogP contribution in [-0.2, 0) is 5.41 Å². The first-order valence-electron chi connectivity index (χ1n) is 16.0. The fourth-order valence-corrected chi connectivity index (χ4v) is 9.04. The van der Waals surface area contributed by atoms with Gasteiger partial charge in [0.1, 0.15) is 11.5 Å². The molecule has 1 heterocycles. The van der Waals surface area contributed by atoms with E-state index in [9.17, 15) is 0 Å². The monoisotopic (exact) mass is 582 g/mol. The molecule has 1 spiro atoms. The average molecular weight is 583 g/mol. The van der Waals surface area contributed by atoms with Gasteiger partial charge in [-0.05, 0) is 89.5 Å². The Bertz CT molecular complexity index is 2610. The van der Waals surface area contributed by atoms with Gasteiger partial charge < -0.3 is 4.74 Å². The third kappa shape index (κ3) is 2.83. The molecule has 0 radical (unpaired) electrons. The van der Waals surface area contributed by atoms with Gasteiger partial charge in [-0.1, -0.05) is 146 Å². The summed E-state index contributed by atoms with van der Waals surface area (Å²) in [6.45, 7) is 0. The number of rotatable bonds is 1. The first kappa shape index (κ1) is 24.4. The fourth-order valence-electron chi connectivity index (χ4n) is 9.04. The van der Waals surface area contributed by atoms with Crippen LogP contribution in [0.1, 0.15) is 22.3 Å². The third-order valence-electron chi connectivity index (χ3n) is 10.7. The van der Waals surface area contributed by atoms with E-state index in [4.69, 9.17) is 4.74 Å². The second kappa shape index (κ2) is 8.62. The van der Waals surface area contributed by atoms with E-state index in [0.29, 0.717) is 0 Å². The van der Waals surface area contributed by atoms with Crippen molar-refractivity contribution in [1.82, 2.24) is 0 Å². The Morgan fingerprint density at radius 3 is 1.72 bits per heavy atom. The van der Waals surface area contributed by atoms with Crippen molar-refractivity contribution in [1.29, 1.82) is 0 Å². The van der Waals surface area contributed by atoms with Crippen LogP contribution in [-0.4, -0.2) is 0 Å². The molecule has 2 aliphatic carbocycles. The molecule has 0 saturated heterocycles. The summed E-state index contributed by atoms with van der Waals surface area (Å²) in [6.07, 6.45) is 0. The lowest BCUT2D eigenvalue weighted by Crippen LogP contribution is -2.27. The number of hydrogen-bond donors (Lipinski definition) is 0. The molecule has 0 fully saturated rings. The minimum atomic E-state index is -0.475. The summed E-state index contributed by atoms with van der Waals surface area (Å²) in [4.78, 5) is 0. The standard InChI is InChI=1S/C45H26O/c1-2-14-29-27(11-1)25-26-35-31-16-4-6-22-38(31)45(43(29)35)37-21-5-3-15-30(37)33-18-9-19-34(44(33)45)32-17-10-24-40-42(32)36-20-7-12-28-13-8-23-39(46-40)41(28)36/h1-26H. The van der Waals surface area contributed by atoms with Crippen LogP contribution in [0, 0.1) is 0 Å². The highest BCUT2D eigenvalue weighted by Gasteiger charge is 2.53. The van der Waals surface area contributed by atoms with E-state index in [0.717, 1.165) is 17.1 Å². The molecule has 8 aromatic rings. The zero-order valence-electron chi connectivity index (χ0n) is 24.9. The predicted octanol–water partition coefficient (Wildman–Crippen LogP) is 11.8. The van der Waals surface area contributed by atoms with Crippen LogP contribution in [0.5, 0.6) is 11.5 Å². The average Bonchev–Trinajstić information content (AvgIpc) is 3.59. The van der Waals surface area contributed by atoms with Gasteiger partial charge in [0.05, 0.1) is 5.41 Å². The summed E-state index contributed by atoms with van der Waals surface area (Å²) in [7, 11) is 0. The Morgan fingerprint density at radius 2 is 0.891 bits per heavy atom. The second-order valence-corrected chi connectivity index (χ2v) is 12.7. The van der Waals surface area contributed by atoms with Crippen LogP contribution in [0.2, 0.25) is 0 Å². The topological polar surface area (TPSA) is 9.23 Å². The normalized spacial score (nSPS) is 16.1. The van der Waals surface area contributed by atoms with Gasteiger partial charge in [0.25, 0.3) is 0 Å². The van der Waals surface area contributed by atoms with E-state index < -0.39 is 5.41 Å². The molecule has 0 saturated carbocycles. The van der Waals surface area contributed by atoms with Gasteiger partial charge in [-0.2, -0.15) is 0 Å². The van der Waals surface area contributed by atoms with Crippen LogP contribution >= 0.6 is 0 Å². The molecule has 11 rings (SSSR count). The maximum absolute atomic E-state index is 6.68. The quantitative estimate of drug-likeness (QED) is 0.187. The Kier molecular flexibility index (Phi) is 4.57. The molecule has 0 N–H and O–H groups in total. The molecule has 0 bridgehead atoms. The summed E-state index contributed by atoms with van der Waals surface area (Å²) in [5, 5.41) is 4.96. The molecule has 1 aliphatic heterocycles. The number of ether oxygens (including phenoxy) is 1. The van der Waals surface area contributed by atoms with Crippen molar-refractivity contribution < 1.29 is 4.74 Å². The zero-order chi connectivity index (χ0) is 30.0. The van der Waals surface area contributed by atoms with Crippen LogP contribution in [0.25, 0.3) is 66.1 Å². The van der Waals surface area contributed by atoms with E-state index in [1.165, 1.54) is 82.7 Å². The lowest BCUT2D eigenvalue weighted by Gasteiger charge is -2.34. The van der Waals surface area contributed by atoms with Gasteiger partial charge in [-0.3, -0.25) is 0 Å². The molecule has 1 heteroatoms. The predicted molar refractivity (Wildman–Crippen MR) is 189 cm³/mol. The van der Waals surface area contributed by atoms with E-state index in [2.05, 4.69) is 158 Å². The number of fused-ring (bicyclic) bond motifs is 14. The SMILES string of the molecule is c1ccc2c(c1)-c1cccc(-c3cccc4c3-c3cccc5cccc(c35)O4)c1C21c2ccccc2-c2ccc3ccccc3c21. The molecule has 0 aromatic heterocycles. The van der Waals surface area contributed by atoms with Crippen molar-refractivity contribution in [2.75, 3.05) is 0 Å². The summed E-state index contributed by atoms with van der Waals surface area (Å²) in [5.74, 6) is 1.83. The minimum Gasteiger partial charge on any atom is -0.456 e.